The highest BCUT2D eigenvalue weighted by atomic mass is 16.6. The average molecular weight is 531 g/mol. The maximum atomic E-state index is 13.6. The molecule has 0 saturated carbocycles. The molecule has 1 aliphatic heterocycles. The maximum Gasteiger partial charge on any atom is 0.340 e. The molecule has 0 radical (unpaired) electrons. The van der Waals surface area contributed by atoms with Crippen LogP contribution >= 0.6 is 0 Å². The van der Waals surface area contributed by atoms with Gasteiger partial charge in [0.25, 0.3) is 0 Å². The zero-order chi connectivity index (χ0) is 28.3. The van der Waals surface area contributed by atoms with E-state index in [2.05, 4.69) is 27.7 Å². The number of phenols is 2. The SMILES string of the molecule is CCCc1cc(O)cc(C2(c3cc(O)cc(CCC)c3CCC)OC(=O)c3cccc(C(=O)O)c32)c1CCC. The van der Waals surface area contributed by atoms with Gasteiger partial charge in [-0.05, 0) is 84.3 Å². The summed E-state index contributed by atoms with van der Waals surface area (Å²) in [4.78, 5) is 26.2. The molecule has 0 atom stereocenters. The molecule has 0 aliphatic carbocycles. The number of cyclic esters (lactones) is 1. The molecule has 206 valence electrons. The fraction of sp³-hybridized carbons (Fsp3) is 0.394. The smallest absolute Gasteiger partial charge is 0.340 e. The molecule has 0 bridgehead atoms. The van der Waals surface area contributed by atoms with Crippen molar-refractivity contribution in [1.29, 1.82) is 0 Å². The maximum absolute atomic E-state index is 13.6. The number of aromatic hydroxyl groups is 2. The van der Waals surface area contributed by atoms with E-state index in [1.807, 2.05) is 0 Å². The summed E-state index contributed by atoms with van der Waals surface area (Å²) in [5.41, 5.74) is 3.59. The standard InChI is InChI=1S/C33H38O6/c1-5-10-20-16-22(34)18-28(24(20)12-7-3)33(29-19-23(35)17-21(11-6-2)25(29)13-8-4)30-26(31(36)37)14-9-15-27(30)32(38)39-33/h9,14-19,34-35H,5-8,10-13H2,1-4H3,(H,36,37). The molecule has 1 aliphatic rings. The topological polar surface area (TPSA) is 104 Å². The normalized spacial score (nSPS) is 13.8. The predicted octanol–water partition coefficient (Wildman–Crippen LogP) is 7.07. The van der Waals surface area contributed by atoms with Gasteiger partial charge in [-0.25, -0.2) is 9.59 Å². The number of carbonyl (C=O) groups is 2. The zero-order valence-corrected chi connectivity index (χ0v) is 23.3. The fourth-order valence-corrected chi connectivity index (χ4v) is 6.18. The van der Waals surface area contributed by atoms with Crippen molar-refractivity contribution in [2.24, 2.45) is 0 Å². The first kappa shape index (κ1) is 28.2. The lowest BCUT2D eigenvalue weighted by atomic mass is 9.71. The average Bonchev–Trinajstić information content (AvgIpc) is 3.20. The van der Waals surface area contributed by atoms with Crippen LogP contribution in [0.3, 0.4) is 0 Å². The van der Waals surface area contributed by atoms with Gasteiger partial charge in [0, 0.05) is 16.7 Å². The summed E-state index contributed by atoms with van der Waals surface area (Å²) in [5.74, 6) is -1.75. The second-order valence-electron chi connectivity index (χ2n) is 10.4. The van der Waals surface area contributed by atoms with Crippen LogP contribution < -0.4 is 0 Å². The van der Waals surface area contributed by atoms with E-state index in [4.69, 9.17) is 4.74 Å². The molecule has 0 spiro atoms. The Morgan fingerprint density at radius 1 is 0.769 bits per heavy atom. The summed E-state index contributed by atoms with van der Waals surface area (Å²) in [7, 11) is 0. The van der Waals surface area contributed by atoms with Crippen molar-refractivity contribution in [2.45, 2.75) is 84.7 Å². The van der Waals surface area contributed by atoms with E-state index < -0.39 is 17.5 Å². The molecule has 3 N–H and O–H groups in total. The van der Waals surface area contributed by atoms with Crippen LogP contribution in [0, 0.1) is 0 Å². The number of hydrogen-bond donors (Lipinski definition) is 3. The molecule has 0 amide bonds. The summed E-state index contributed by atoms with van der Waals surface area (Å²) >= 11 is 0. The van der Waals surface area contributed by atoms with Crippen LogP contribution in [0.1, 0.15) is 113 Å². The number of hydrogen-bond acceptors (Lipinski definition) is 5. The van der Waals surface area contributed by atoms with Gasteiger partial charge >= 0.3 is 11.9 Å². The van der Waals surface area contributed by atoms with Crippen molar-refractivity contribution < 1.29 is 29.6 Å². The van der Waals surface area contributed by atoms with E-state index in [9.17, 15) is 24.9 Å². The van der Waals surface area contributed by atoms with Crippen molar-refractivity contribution in [3.63, 3.8) is 0 Å². The number of aryl methyl sites for hydroxylation is 2. The Balaban J connectivity index is 2.28. The number of esters is 1. The molecule has 0 saturated heterocycles. The lowest BCUT2D eigenvalue weighted by Gasteiger charge is -2.36. The van der Waals surface area contributed by atoms with Crippen molar-refractivity contribution in [3.8, 4) is 11.5 Å². The minimum Gasteiger partial charge on any atom is -0.508 e. The number of carbonyl (C=O) groups excluding carboxylic acids is 1. The Morgan fingerprint density at radius 2 is 1.26 bits per heavy atom. The lowest BCUT2D eigenvalue weighted by Crippen LogP contribution is -2.34. The summed E-state index contributed by atoms with van der Waals surface area (Å²) in [6.07, 6.45) is 6.00. The number of carboxylic acid groups (broad SMARTS) is 1. The monoisotopic (exact) mass is 530 g/mol. The van der Waals surface area contributed by atoms with Gasteiger partial charge in [0.1, 0.15) is 11.5 Å². The molecule has 3 aromatic rings. The van der Waals surface area contributed by atoms with E-state index in [1.54, 1.807) is 36.4 Å². The van der Waals surface area contributed by atoms with E-state index >= 15 is 0 Å². The van der Waals surface area contributed by atoms with Gasteiger partial charge < -0.3 is 20.1 Å². The first-order valence-electron chi connectivity index (χ1n) is 14.0. The molecular formula is C33H38O6. The number of phenolic OH excluding ortho intramolecular Hbond substituents is 2. The minimum absolute atomic E-state index is 0.0240. The number of aromatic carboxylic acids is 1. The Bertz CT molecular complexity index is 1340. The molecule has 6 heteroatoms. The van der Waals surface area contributed by atoms with E-state index in [1.165, 1.54) is 6.07 Å². The van der Waals surface area contributed by atoms with Crippen LogP contribution in [0.25, 0.3) is 0 Å². The van der Waals surface area contributed by atoms with Crippen LogP contribution in [0.5, 0.6) is 11.5 Å². The van der Waals surface area contributed by atoms with Gasteiger partial charge in [0.05, 0.1) is 11.1 Å². The largest absolute Gasteiger partial charge is 0.508 e. The van der Waals surface area contributed by atoms with Crippen molar-refractivity contribution in [2.75, 3.05) is 0 Å². The Kier molecular flexibility index (Phi) is 8.34. The summed E-state index contributed by atoms with van der Waals surface area (Å²) < 4.78 is 6.41. The second-order valence-corrected chi connectivity index (χ2v) is 10.4. The van der Waals surface area contributed by atoms with Crippen molar-refractivity contribution >= 4 is 11.9 Å². The lowest BCUT2D eigenvalue weighted by molar-refractivity contribution is 0.0239. The Hall–Kier alpha value is -3.80. The van der Waals surface area contributed by atoms with E-state index in [0.717, 1.165) is 47.9 Å². The molecule has 0 unspecified atom stereocenters. The van der Waals surface area contributed by atoms with Crippen molar-refractivity contribution in [3.05, 3.63) is 92.5 Å². The molecule has 1 heterocycles. The van der Waals surface area contributed by atoms with Gasteiger partial charge in [0.15, 0.2) is 5.60 Å². The number of benzene rings is 3. The Morgan fingerprint density at radius 3 is 1.69 bits per heavy atom. The van der Waals surface area contributed by atoms with Gasteiger partial charge in [-0.1, -0.05) is 59.4 Å². The fourth-order valence-electron chi connectivity index (χ4n) is 6.18. The van der Waals surface area contributed by atoms with E-state index in [0.29, 0.717) is 36.8 Å². The van der Waals surface area contributed by atoms with E-state index in [-0.39, 0.29) is 28.2 Å². The molecule has 6 nitrogen and oxygen atoms in total. The predicted molar refractivity (Wildman–Crippen MR) is 151 cm³/mol. The Labute approximate surface area is 230 Å². The molecular weight excluding hydrogens is 492 g/mol. The number of fused-ring (bicyclic) bond motifs is 1. The highest BCUT2D eigenvalue weighted by molar-refractivity contribution is 6.02. The molecule has 39 heavy (non-hydrogen) atoms. The quantitative estimate of drug-likeness (QED) is 0.229. The summed E-state index contributed by atoms with van der Waals surface area (Å²) in [6, 6.07) is 11.4. The molecule has 0 aromatic heterocycles. The van der Waals surface area contributed by atoms with Gasteiger partial charge in [0.2, 0.25) is 0 Å². The summed E-state index contributed by atoms with van der Waals surface area (Å²) in [5, 5.41) is 32.3. The van der Waals surface area contributed by atoms with Crippen LogP contribution in [0.4, 0.5) is 0 Å². The van der Waals surface area contributed by atoms with Gasteiger partial charge in [-0.3, -0.25) is 0 Å². The molecule has 4 rings (SSSR count). The molecule has 0 fully saturated rings. The van der Waals surface area contributed by atoms with Gasteiger partial charge in [-0.15, -0.1) is 0 Å². The summed E-state index contributed by atoms with van der Waals surface area (Å²) in [6.45, 7) is 8.25. The highest BCUT2D eigenvalue weighted by Gasteiger charge is 2.53. The third-order valence-corrected chi connectivity index (χ3v) is 7.56. The van der Waals surface area contributed by atoms with Crippen LogP contribution in [-0.4, -0.2) is 27.3 Å². The number of carboxylic acids is 1. The first-order valence-corrected chi connectivity index (χ1v) is 14.0. The van der Waals surface area contributed by atoms with Crippen LogP contribution in [0.15, 0.2) is 42.5 Å². The van der Waals surface area contributed by atoms with Crippen LogP contribution in [0.2, 0.25) is 0 Å². The minimum atomic E-state index is -1.65. The third-order valence-electron chi connectivity index (χ3n) is 7.56. The number of ether oxygens (including phenoxy) is 1. The third kappa shape index (κ3) is 4.88. The van der Waals surface area contributed by atoms with Crippen molar-refractivity contribution in [1.82, 2.24) is 0 Å². The second kappa shape index (κ2) is 11.5. The highest BCUT2D eigenvalue weighted by Crippen LogP contribution is 2.53. The van der Waals surface area contributed by atoms with Gasteiger partial charge in [-0.2, -0.15) is 0 Å². The molecule has 3 aromatic carbocycles. The van der Waals surface area contributed by atoms with Crippen LogP contribution in [-0.2, 0) is 36.0 Å². The first-order chi connectivity index (χ1) is 18.7. The number of rotatable bonds is 11. The zero-order valence-electron chi connectivity index (χ0n) is 23.3.